The van der Waals surface area contributed by atoms with Gasteiger partial charge in [-0.1, -0.05) is 0 Å². The number of aryl methyl sites for hydroxylation is 1. The Balaban J connectivity index is 2.27. The Morgan fingerprint density at radius 3 is 3.06 bits per heavy atom. The second kappa shape index (κ2) is 4.25. The molecular formula is C15H17NO2. The number of hydrogen-bond donors (Lipinski definition) is 1. The highest BCUT2D eigenvalue weighted by Gasteiger charge is 2.24. The van der Waals surface area contributed by atoms with Crippen molar-refractivity contribution in [1.29, 1.82) is 0 Å². The Bertz CT molecular complexity index is 607. The van der Waals surface area contributed by atoms with E-state index in [1.54, 1.807) is 0 Å². The fourth-order valence-corrected chi connectivity index (χ4v) is 2.86. The minimum absolute atomic E-state index is 0.348. The van der Waals surface area contributed by atoms with Crippen LogP contribution < -0.4 is 4.74 Å². The maximum Gasteiger partial charge on any atom is 0.213 e. The number of nitrogens with zero attached hydrogens (tertiary/aromatic N) is 1. The lowest BCUT2D eigenvalue weighted by Crippen LogP contribution is -1.98. The predicted octanol–water partition coefficient (Wildman–Crippen LogP) is 2.92. The SMILES string of the molecule is CCOc1cc2c3c(c(C)cc2cn1)CCC3O. The van der Waals surface area contributed by atoms with Crippen LogP contribution in [0.1, 0.15) is 36.1 Å². The Morgan fingerprint density at radius 2 is 2.28 bits per heavy atom. The van der Waals surface area contributed by atoms with E-state index in [1.165, 1.54) is 11.1 Å². The molecule has 1 atom stereocenters. The minimum atomic E-state index is -0.348. The second-order valence-electron chi connectivity index (χ2n) is 4.82. The van der Waals surface area contributed by atoms with Crippen LogP contribution in [0, 0.1) is 6.92 Å². The molecule has 0 spiro atoms. The van der Waals surface area contributed by atoms with Gasteiger partial charge in [0.15, 0.2) is 0 Å². The molecular weight excluding hydrogens is 226 g/mol. The Kier molecular flexibility index (Phi) is 2.71. The van der Waals surface area contributed by atoms with Gasteiger partial charge >= 0.3 is 0 Å². The van der Waals surface area contributed by atoms with Crippen molar-refractivity contribution in [2.24, 2.45) is 0 Å². The molecule has 0 amide bonds. The quantitative estimate of drug-likeness (QED) is 0.881. The summed E-state index contributed by atoms with van der Waals surface area (Å²) in [5.41, 5.74) is 3.62. The molecule has 3 nitrogen and oxygen atoms in total. The summed E-state index contributed by atoms with van der Waals surface area (Å²) in [6, 6.07) is 4.10. The number of ether oxygens (including phenoxy) is 1. The van der Waals surface area contributed by atoms with E-state index in [2.05, 4.69) is 18.0 Å². The van der Waals surface area contributed by atoms with Crippen molar-refractivity contribution < 1.29 is 9.84 Å². The third kappa shape index (κ3) is 1.66. The number of pyridine rings is 1. The van der Waals surface area contributed by atoms with Crippen LogP contribution in [0.15, 0.2) is 18.3 Å². The summed E-state index contributed by atoms with van der Waals surface area (Å²) < 4.78 is 5.45. The van der Waals surface area contributed by atoms with Gasteiger partial charge in [0, 0.05) is 17.6 Å². The van der Waals surface area contributed by atoms with Crippen molar-refractivity contribution in [3.63, 3.8) is 0 Å². The zero-order chi connectivity index (χ0) is 12.7. The molecule has 0 bridgehead atoms. The van der Waals surface area contributed by atoms with E-state index in [0.29, 0.717) is 12.5 Å². The number of aliphatic hydroxyl groups is 1. The molecule has 3 rings (SSSR count). The molecule has 18 heavy (non-hydrogen) atoms. The molecule has 0 saturated heterocycles. The Morgan fingerprint density at radius 1 is 1.44 bits per heavy atom. The first-order valence-electron chi connectivity index (χ1n) is 6.43. The average molecular weight is 243 g/mol. The van der Waals surface area contributed by atoms with E-state index >= 15 is 0 Å². The first-order chi connectivity index (χ1) is 8.70. The first-order valence-corrected chi connectivity index (χ1v) is 6.43. The summed E-state index contributed by atoms with van der Waals surface area (Å²) in [4.78, 5) is 4.28. The Hall–Kier alpha value is -1.61. The number of rotatable bonds is 2. The molecule has 0 fully saturated rings. The molecule has 3 heteroatoms. The van der Waals surface area contributed by atoms with E-state index < -0.39 is 0 Å². The van der Waals surface area contributed by atoms with Crippen LogP contribution in [-0.4, -0.2) is 16.7 Å². The summed E-state index contributed by atoms with van der Waals surface area (Å²) >= 11 is 0. The summed E-state index contributed by atoms with van der Waals surface area (Å²) in [6.45, 7) is 4.65. The fraction of sp³-hybridized carbons (Fsp3) is 0.400. The number of benzene rings is 1. The van der Waals surface area contributed by atoms with Crippen molar-refractivity contribution in [2.45, 2.75) is 32.8 Å². The molecule has 1 aliphatic rings. The first kappa shape index (κ1) is 11.5. The van der Waals surface area contributed by atoms with E-state index in [1.807, 2.05) is 19.2 Å². The number of fused-ring (bicyclic) bond motifs is 3. The lowest BCUT2D eigenvalue weighted by Gasteiger charge is -2.12. The van der Waals surface area contributed by atoms with Gasteiger partial charge in [-0.25, -0.2) is 4.98 Å². The second-order valence-corrected chi connectivity index (χ2v) is 4.82. The Labute approximate surface area is 106 Å². The van der Waals surface area contributed by atoms with Gasteiger partial charge in [0.1, 0.15) is 0 Å². The standard InChI is InChI=1S/C15H17NO2/c1-3-18-14-7-12-10(8-16-14)6-9(2)11-4-5-13(17)15(11)12/h6-8,13,17H,3-5H2,1-2H3. The molecule has 0 radical (unpaired) electrons. The molecule has 1 aromatic heterocycles. The third-order valence-electron chi connectivity index (χ3n) is 3.67. The van der Waals surface area contributed by atoms with Crippen LogP contribution in [0.25, 0.3) is 10.8 Å². The van der Waals surface area contributed by atoms with Crippen molar-refractivity contribution in [1.82, 2.24) is 4.98 Å². The normalized spacial score (nSPS) is 18.1. The highest BCUT2D eigenvalue weighted by Crippen LogP contribution is 2.39. The topological polar surface area (TPSA) is 42.4 Å². The van der Waals surface area contributed by atoms with Gasteiger partial charge in [-0.05, 0) is 54.8 Å². The number of aliphatic hydroxyl groups excluding tert-OH is 1. The van der Waals surface area contributed by atoms with Crippen molar-refractivity contribution in [3.8, 4) is 5.88 Å². The molecule has 1 heterocycles. The van der Waals surface area contributed by atoms with Crippen LogP contribution in [-0.2, 0) is 6.42 Å². The maximum atomic E-state index is 10.2. The van der Waals surface area contributed by atoms with Gasteiger partial charge in [-0.3, -0.25) is 0 Å². The van der Waals surface area contributed by atoms with E-state index in [9.17, 15) is 5.11 Å². The van der Waals surface area contributed by atoms with Crippen molar-refractivity contribution in [2.75, 3.05) is 6.61 Å². The van der Waals surface area contributed by atoms with Gasteiger partial charge < -0.3 is 9.84 Å². The highest BCUT2D eigenvalue weighted by molar-refractivity contribution is 5.88. The largest absolute Gasteiger partial charge is 0.478 e. The zero-order valence-corrected chi connectivity index (χ0v) is 10.7. The average Bonchev–Trinajstić information content (AvgIpc) is 2.74. The molecule has 1 aromatic carbocycles. The smallest absolute Gasteiger partial charge is 0.213 e. The molecule has 94 valence electrons. The van der Waals surface area contributed by atoms with Gasteiger partial charge in [0.25, 0.3) is 0 Å². The summed E-state index contributed by atoms with van der Waals surface area (Å²) in [5, 5.41) is 12.3. The van der Waals surface area contributed by atoms with Crippen LogP contribution in [0.2, 0.25) is 0 Å². The molecule has 1 aliphatic carbocycles. The summed E-state index contributed by atoms with van der Waals surface area (Å²) in [6.07, 6.45) is 3.27. The predicted molar refractivity (Wildman–Crippen MR) is 70.9 cm³/mol. The fourth-order valence-electron chi connectivity index (χ4n) is 2.86. The van der Waals surface area contributed by atoms with Crippen molar-refractivity contribution in [3.05, 3.63) is 35.0 Å². The monoisotopic (exact) mass is 243 g/mol. The van der Waals surface area contributed by atoms with E-state index in [0.717, 1.165) is 29.2 Å². The van der Waals surface area contributed by atoms with Crippen LogP contribution in [0.5, 0.6) is 5.88 Å². The lowest BCUT2D eigenvalue weighted by molar-refractivity contribution is 0.181. The van der Waals surface area contributed by atoms with Gasteiger partial charge in [0.05, 0.1) is 12.7 Å². The molecule has 1 N–H and O–H groups in total. The summed E-state index contributed by atoms with van der Waals surface area (Å²) in [5.74, 6) is 0.634. The van der Waals surface area contributed by atoms with E-state index in [-0.39, 0.29) is 6.10 Å². The maximum absolute atomic E-state index is 10.2. The molecule has 0 saturated carbocycles. The van der Waals surface area contributed by atoms with Crippen LogP contribution >= 0.6 is 0 Å². The number of hydrogen-bond acceptors (Lipinski definition) is 3. The zero-order valence-electron chi connectivity index (χ0n) is 10.7. The van der Waals surface area contributed by atoms with Gasteiger partial charge in [-0.15, -0.1) is 0 Å². The lowest BCUT2D eigenvalue weighted by atomic mass is 9.97. The van der Waals surface area contributed by atoms with Crippen LogP contribution in [0.4, 0.5) is 0 Å². The molecule has 1 unspecified atom stereocenters. The van der Waals surface area contributed by atoms with Gasteiger partial charge in [0.2, 0.25) is 5.88 Å². The summed E-state index contributed by atoms with van der Waals surface area (Å²) in [7, 11) is 0. The van der Waals surface area contributed by atoms with Crippen molar-refractivity contribution >= 4 is 10.8 Å². The van der Waals surface area contributed by atoms with E-state index in [4.69, 9.17) is 4.74 Å². The number of aromatic nitrogens is 1. The molecule has 0 aliphatic heterocycles. The highest BCUT2D eigenvalue weighted by atomic mass is 16.5. The molecule has 2 aromatic rings. The third-order valence-corrected chi connectivity index (χ3v) is 3.67. The minimum Gasteiger partial charge on any atom is -0.478 e. The van der Waals surface area contributed by atoms with Crippen LogP contribution in [0.3, 0.4) is 0 Å². The van der Waals surface area contributed by atoms with Gasteiger partial charge in [-0.2, -0.15) is 0 Å².